The molecule has 33 heavy (non-hydrogen) atoms. The number of rotatable bonds is 5. The van der Waals surface area contributed by atoms with Gasteiger partial charge in [0.05, 0.1) is 26.2 Å². The number of nitriles is 1. The van der Waals surface area contributed by atoms with Crippen LogP contribution in [-0.4, -0.2) is 9.91 Å². The molecule has 0 bridgehead atoms. The first-order valence-corrected chi connectivity index (χ1v) is 10.0. The lowest BCUT2D eigenvalue weighted by atomic mass is 10.1. The average molecular weight is 519 g/mol. The monoisotopic (exact) mass is 518 g/mol. The van der Waals surface area contributed by atoms with Crippen LogP contribution in [-0.2, 0) is 6.18 Å². The maximum absolute atomic E-state index is 13.6. The normalized spacial score (nSPS) is 11.4. The average Bonchev–Trinajstić information content (AvgIpc) is 2.74. The van der Waals surface area contributed by atoms with E-state index in [0.29, 0.717) is 23.0 Å². The largest absolute Gasteiger partial charge is 0.418 e. The van der Waals surface area contributed by atoms with E-state index in [1.165, 1.54) is 0 Å². The fourth-order valence-corrected chi connectivity index (χ4v) is 3.51. The number of aryl methyl sites for hydroxylation is 1. The molecule has 0 radical (unpaired) electrons. The minimum atomic E-state index is -4.92. The minimum Gasteiger partial charge on any atom is -0.338 e. The summed E-state index contributed by atoms with van der Waals surface area (Å²) in [5, 5.41) is 31.2. The fourth-order valence-electron chi connectivity index (χ4n) is 2.98. The molecule has 0 atom stereocenters. The predicted molar refractivity (Wildman–Crippen MR) is 118 cm³/mol. The zero-order valence-electron chi connectivity index (χ0n) is 17.1. The second-order valence-corrected chi connectivity index (χ2v) is 7.63. The van der Waals surface area contributed by atoms with Crippen LogP contribution in [0.4, 0.5) is 41.7 Å². The Morgan fingerprint density at radius 2 is 1.79 bits per heavy atom. The molecule has 3 rings (SSSR count). The number of nitrogens with one attached hydrogen (secondary N) is 1. The van der Waals surface area contributed by atoms with E-state index in [1.54, 1.807) is 44.2 Å². The van der Waals surface area contributed by atoms with Crippen LogP contribution < -0.4 is 5.32 Å². The van der Waals surface area contributed by atoms with Gasteiger partial charge in [0.25, 0.3) is 5.69 Å². The Morgan fingerprint density at radius 3 is 2.36 bits per heavy atom. The molecule has 0 aliphatic rings. The van der Waals surface area contributed by atoms with Gasteiger partial charge in [0.1, 0.15) is 17.4 Å². The number of alkyl halides is 3. The van der Waals surface area contributed by atoms with Crippen LogP contribution in [0.15, 0.2) is 57.2 Å². The molecule has 0 saturated carbocycles. The number of hydrogen-bond donors (Lipinski definition) is 1. The van der Waals surface area contributed by atoms with Crippen LogP contribution in [0.3, 0.4) is 0 Å². The lowest BCUT2D eigenvalue weighted by Crippen LogP contribution is -2.06. The van der Waals surface area contributed by atoms with Gasteiger partial charge < -0.3 is 5.32 Å². The van der Waals surface area contributed by atoms with Crippen molar-refractivity contribution in [3.63, 3.8) is 0 Å². The Morgan fingerprint density at radius 1 is 1.15 bits per heavy atom. The van der Waals surface area contributed by atoms with Crippen molar-refractivity contribution < 1.29 is 18.1 Å². The van der Waals surface area contributed by atoms with Gasteiger partial charge in [-0.1, -0.05) is 18.2 Å². The molecule has 8 nitrogen and oxygen atoms in total. The van der Waals surface area contributed by atoms with E-state index in [9.17, 15) is 28.5 Å². The van der Waals surface area contributed by atoms with Gasteiger partial charge in [-0.2, -0.15) is 18.4 Å². The maximum atomic E-state index is 13.6. The molecule has 0 spiro atoms. The van der Waals surface area contributed by atoms with Crippen molar-refractivity contribution >= 4 is 44.5 Å². The first-order chi connectivity index (χ1) is 15.5. The second-order valence-electron chi connectivity index (χ2n) is 6.78. The fraction of sp³-hybridized carbons (Fsp3) is 0.143. The van der Waals surface area contributed by atoms with Crippen molar-refractivity contribution in [1.82, 2.24) is 4.98 Å². The quantitative estimate of drug-likeness (QED) is 0.214. The van der Waals surface area contributed by atoms with Crippen LogP contribution in [0.2, 0.25) is 0 Å². The number of nitro benzene ring substituents is 1. The number of nitro groups is 1. The van der Waals surface area contributed by atoms with E-state index in [0.717, 1.165) is 6.07 Å². The highest BCUT2D eigenvalue weighted by atomic mass is 79.9. The molecule has 0 unspecified atom stereocenters. The number of aromatic nitrogens is 1. The molecular weight excluding hydrogens is 505 g/mol. The third-order valence-corrected chi connectivity index (χ3v) is 5.16. The zero-order valence-corrected chi connectivity index (χ0v) is 18.7. The predicted octanol–water partition coefficient (Wildman–Crippen LogP) is 7.42. The van der Waals surface area contributed by atoms with E-state index in [-0.39, 0.29) is 21.5 Å². The molecule has 1 heterocycles. The summed E-state index contributed by atoms with van der Waals surface area (Å²) >= 11 is 2.92. The Bertz CT molecular complexity index is 1300. The van der Waals surface area contributed by atoms with E-state index >= 15 is 0 Å². The lowest BCUT2D eigenvalue weighted by Gasteiger charge is -2.14. The van der Waals surface area contributed by atoms with E-state index in [2.05, 4.69) is 36.5 Å². The lowest BCUT2D eigenvalue weighted by molar-refractivity contribution is -0.385. The molecular formula is C21H14BrF3N6O2. The van der Waals surface area contributed by atoms with Gasteiger partial charge in [0, 0.05) is 17.8 Å². The molecule has 0 saturated heterocycles. The van der Waals surface area contributed by atoms with Gasteiger partial charge in [0.2, 0.25) is 0 Å². The Hall–Kier alpha value is -3.85. The van der Waals surface area contributed by atoms with Gasteiger partial charge in [-0.25, -0.2) is 4.98 Å². The number of hydrogen-bond acceptors (Lipinski definition) is 7. The van der Waals surface area contributed by atoms with Crippen LogP contribution >= 0.6 is 15.9 Å². The second kappa shape index (κ2) is 9.33. The van der Waals surface area contributed by atoms with Gasteiger partial charge in [-0.3, -0.25) is 10.1 Å². The van der Waals surface area contributed by atoms with E-state index in [1.807, 2.05) is 6.07 Å². The molecule has 168 valence electrons. The molecule has 2 aromatic carbocycles. The summed E-state index contributed by atoms with van der Waals surface area (Å²) in [6.45, 7) is 3.20. The number of non-ortho nitro benzene ring substituents is 1. The highest BCUT2D eigenvalue weighted by Crippen LogP contribution is 2.44. The van der Waals surface area contributed by atoms with Crippen LogP contribution in [0, 0.1) is 35.3 Å². The van der Waals surface area contributed by atoms with Crippen LogP contribution in [0.25, 0.3) is 0 Å². The SMILES string of the molecule is Cc1nc(Nc2ccccc2)c(N=Nc2c(Br)cc([N+](=O)[O-])cc2C(F)(F)F)c(C)c1C#N. The van der Waals surface area contributed by atoms with Crippen LogP contribution in [0.5, 0.6) is 0 Å². The number of para-hydroxylation sites is 1. The van der Waals surface area contributed by atoms with E-state index < -0.39 is 28.0 Å². The van der Waals surface area contributed by atoms with Crippen molar-refractivity contribution in [2.45, 2.75) is 20.0 Å². The molecule has 1 aromatic heterocycles. The third kappa shape index (κ3) is 5.15. The highest BCUT2D eigenvalue weighted by molar-refractivity contribution is 9.10. The molecule has 3 aromatic rings. The summed E-state index contributed by atoms with van der Waals surface area (Å²) in [5.74, 6) is 0.186. The third-order valence-electron chi connectivity index (χ3n) is 4.56. The number of benzene rings is 2. The summed E-state index contributed by atoms with van der Waals surface area (Å²) in [7, 11) is 0. The van der Waals surface area contributed by atoms with Crippen molar-refractivity contribution in [3.05, 3.63) is 79.4 Å². The first kappa shape index (κ1) is 23.8. The number of anilines is 2. The number of pyridine rings is 1. The van der Waals surface area contributed by atoms with Gasteiger partial charge >= 0.3 is 6.18 Å². The number of nitrogens with zero attached hydrogens (tertiary/aromatic N) is 5. The Kier molecular flexibility index (Phi) is 6.73. The molecule has 0 aliphatic heterocycles. The highest BCUT2D eigenvalue weighted by Gasteiger charge is 2.37. The summed E-state index contributed by atoms with van der Waals surface area (Å²) in [4.78, 5) is 14.4. The molecule has 0 aliphatic carbocycles. The molecule has 1 N–H and O–H groups in total. The van der Waals surface area contributed by atoms with Crippen LogP contribution in [0.1, 0.15) is 22.4 Å². The Labute approximate surface area is 194 Å². The van der Waals surface area contributed by atoms with Crippen molar-refractivity contribution in [3.8, 4) is 6.07 Å². The first-order valence-electron chi connectivity index (χ1n) is 9.23. The molecule has 0 amide bonds. The summed E-state index contributed by atoms with van der Waals surface area (Å²) in [5.41, 5.74) is -1.06. The van der Waals surface area contributed by atoms with Crippen molar-refractivity contribution in [2.75, 3.05) is 5.32 Å². The summed E-state index contributed by atoms with van der Waals surface area (Å²) in [6.07, 6.45) is -4.92. The maximum Gasteiger partial charge on any atom is 0.418 e. The standard InChI is InChI=1S/C21H14BrF3N6O2/c1-11-15(10-26)12(2)27-20(28-13-6-4-3-5-7-13)18(11)29-30-19-16(21(23,24)25)8-14(31(32)33)9-17(19)22/h3-9H,1-2H3,(H,27,28). The van der Waals surface area contributed by atoms with Gasteiger partial charge in [-0.15, -0.1) is 10.2 Å². The Balaban J connectivity index is 2.19. The van der Waals surface area contributed by atoms with Gasteiger partial charge in [-0.05, 0) is 47.5 Å². The number of halogens is 4. The summed E-state index contributed by atoms with van der Waals surface area (Å²) < 4.78 is 40.5. The smallest absolute Gasteiger partial charge is 0.338 e. The molecule has 12 heteroatoms. The topological polar surface area (TPSA) is 117 Å². The molecule has 0 fully saturated rings. The van der Waals surface area contributed by atoms with Crippen molar-refractivity contribution in [1.29, 1.82) is 5.26 Å². The zero-order chi connectivity index (χ0) is 24.3. The summed E-state index contributed by atoms with van der Waals surface area (Å²) in [6, 6.07) is 12.2. The van der Waals surface area contributed by atoms with E-state index in [4.69, 9.17) is 0 Å². The van der Waals surface area contributed by atoms with Gasteiger partial charge in [0.15, 0.2) is 5.82 Å². The number of azo groups is 1. The minimum absolute atomic E-state index is 0.0550. The van der Waals surface area contributed by atoms with Crippen molar-refractivity contribution in [2.24, 2.45) is 10.2 Å².